The minimum absolute atomic E-state index is 0.00359. The molecule has 2 unspecified atom stereocenters. The van der Waals surface area contributed by atoms with Crippen LogP contribution in [-0.2, 0) is 19.1 Å². The number of carbonyl (C=O) groups is 5. The maximum atomic E-state index is 14.4. The van der Waals surface area contributed by atoms with E-state index in [-0.39, 0.29) is 59.4 Å². The van der Waals surface area contributed by atoms with Crippen LogP contribution in [0.15, 0.2) is 18.2 Å². The highest BCUT2D eigenvalue weighted by Crippen LogP contribution is 2.48. The number of fused-ring (bicyclic) bond motifs is 8. The second kappa shape index (κ2) is 17.5. The van der Waals surface area contributed by atoms with Crippen molar-refractivity contribution in [3.8, 4) is 0 Å². The first-order chi connectivity index (χ1) is 27.9. The lowest BCUT2D eigenvalue weighted by atomic mass is 9.83. The van der Waals surface area contributed by atoms with Gasteiger partial charge in [-0.25, -0.2) is 0 Å². The molecule has 5 heterocycles. The van der Waals surface area contributed by atoms with E-state index in [9.17, 15) is 24.0 Å². The van der Waals surface area contributed by atoms with Crippen molar-refractivity contribution in [1.29, 1.82) is 0 Å². The smallest absolute Gasteiger partial charge is 0.321 e. The van der Waals surface area contributed by atoms with E-state index in [1.54, 1.807) is 6.92 Å². The average Bonchev–Trinajstić information content (AvgIpc) is 3.92. The number of methoxy groups -OCH3 is 1. The molecule has 1 amide bonds. The molecule has 13 heteroatoms. The minimum Gasteiger partial charge on any atom is -0.468 e. The lowest BCUT2D eigenvalue weighted by Crippen LogP contribution is -2.54. The molecule has 12 nitrogen and oxygen atoms in total. The van der Waals surface area contributed by atoms with Gasteiger partial charge in [-0.3, -0.25) is 33.9 Å². The van der Waals surface area contributed by atoms with E-state index in [0.29, 0.717) is 75.9 Å². The molecule has 3 aliphatic rings. The summed E-state index contributed by atoms with van der Waals surface area (Å²) in [6, 6.07) is 5.73. The van der Waals surface area contributed by atoms with Crippen molar-refractivity contribution in [3.63, 3.8) is 0 Å². The lowest BCUT2D eigenvalue weighted by Gasteiger charge is -2.33. The number of aryl methyl sites for hydroxylation is 2. The first-order valence-corrected chi connectivity index (χ1v) is 21.7. The third kappa shape index (κ3) is 8.42. The predicted octanol–water partition coefficient (Wildman–Crippen LogP) is 7.80. The minimum atomic E-state index is -1.21. The normalized spacial score (nSPS) is 20.5. The molecule has 316 valence electrons. The molecule has 2 aliphatic heterocycles. The molecule has 59 heavy (non-hydrogen) atoms. The van der Waals surface area contributed by atoms with Gasteiger partial charge in [0.1, 0.15) is 11.7 Å². The lowest BCUT2D eigenvalue weighted by molar-refractivity contribution is -0.886. The topological polar surface area (TPSA) is 164 Å². The van der Waals surface area contributed by atoms with E-state index in [4.69, 9.17) is 14.7 Å². The Kier molecular flexibility index (Phi) is 13.1. The molecule has 1 aliphatic carbocycles. The zero-order chi connectivity index (χ0) is 43.1. The molecule has 0 radical (unpaired) electrons. The highest BCUT2D eigenvalue weighted by atomic mass is 32.1. The summed E-state index contributed by atoms with van der Waals surface area (Å²) in [6.07, 6.45) is 4.01. The predicted molar refractivity (Wildman–Crippen MR) is 234 cm³/mol. The van der Waals surface area contributed by atoms with E-state index >= 15 is 0 Å². The van der Waals surface area contributed by atoms with Crippen molar-refractivity contribution in [1.82, 2.24) is 25.3 Å². The van der Waals surface area contributed by atoms with Gasteiger partial charge in [0.05, 0.1) is 45.0 Å². The summed E-state index contributed by atoms with van der Waals surface area (Å²) >= 11 is 4.22. The second-order valence-corrected chi connectivity index (χ2v) is 18.1. The number of quaternary nitrogens is 1. The maximum absolute atomic E-state index is 14.4. The van der Waals surface area contributed by atoms with E-state index < -0.39 is 11.9 Å². The van der Waals surface area contributed by atoms with Crippen LogP contribution in [0.2, 0.25) is 0 Å². The van der Waals surface area contributed by atoms with E-state index in [2.05, 4.69) is 48.7 Å². The van der Waals surface area contributed by atoms with Crippen molar-refractivity contribution in [3.05, 3.63) is 68.8 Å². The number of thiol groups is 1. The van der Waals surface area contributed by atoms with Crippen molar-refractivity contribution >= 4 is 63.9 Å². The van der Waals surface area contributed by atoms with E-state index in [1.165, 1.54) is 7.11 Å². The Morgan fingerprint density at radius 2 is 1.54 bits per heavy atom. The number of likely N-dealkylation sites (N-methyl/N-ethyl adjacent to an activating group) is 1. The number of nitrogens with zero attached hydrogens (tertiary/aromatic N) is 3. The van der Waals surface area contributed by atoms with Gasteiger partial charge >= 0.3 is 5.97 Å². The summed E-state index contributed by atoms with van der Waals surface area (Å²) in [4.78, 5) is 85.0. The summed E-state index contributed by atoms with van der Waals surface area (Å²) in [5.41, 5.74) is 8.86. The number of Topliss-reactive ketones (excluding diaryl/α,β-unsaturated/α-hetero) is 3. The van der Waals surface area contributed by atoms with Gasteiger partial charge in [0, 0.05) is 100 Å². The average molecular weight is 826 g/mol. The number of ketones is 3. The SMILES string of the molecule is CC[C@@H]1c2cc3[nH]c4c(c3C)C(=O)C(C(=O)OC)c4c3nc(cc4[nH]c(cc(n2)[C@H]1C)c(C(C)=O)c4C)[C@H](C)[C@H]3CCC(=O)CCCCC(C(=O)NCCS)[N+](C)(C)C. The molecule has 6 atom stereocenters. The number of hydrogen-bond donors (Lipinski definition) is 4. The van der Waals surface area contributed by atoms with E-state index in [0.717, 1.165) is 52.1 Å². The monoisotopic (exact) mass is 825 g/mol. The zero-order valence-corrected chi connectivity index (χ0v) is 37.2. The fourth-order valence-electron chi connectivity index (χ4n) is 9.60. The molecule has 0 aromatic carbocycles. The van der Waals surface area contributed by atoms with Crippen LogP contribution in [0.5, 0.6) is 0 Å². The molecule has 3 aromatic rings. The van der Waals surface area contributed by atoms with Gasteiger partial charge < -0.3 is 24.5 Å². The van der Waals surface area contributed by atoms with Gasteiger partial charge in [0.25, 0.3) is 5.91 Å². The van der Waals surface area contributed by atoms with Crippen LogP contribution in [0.25, 0.3) is 22.1 Å². The molecule has 0 spiro atoms. The summed E-state index contributed by atoms with van der Waals surface area (Å²) < 4.78 is 5.75. The first kappa shape index (κ1) is 43.9. The molecular weight excluding hydrogens is 765 g/mol. The van der Waals surface area contributed by atoms with Gasteiger partial charge in [-0.05, 0) is 75.8 Å². The van der Waals surface area contributed by atoms with Gasteiger partial charge in [-0.2, -0.15) is 12.6 Å². The fourth-order valence-corrected chi connectivity index (χ4v) is 9.71. The van der Waals surface area contributed by atoms with Crippen LogP contribution >= 0.6 is 12.6 Å². The Morgan fingerprint density at radius 3 is 2.19 bits per heavy atom. The van der Waals surface area contributed by atoms with Crippen LogP contribution in [0, 0.1) is 13.8 Å². The number of aromatic amines is 2. The van der Waals surface area contributed by atoms with Crippen molar-refractivity contribution in [2.24, 2.45) is 0 Å². The highest BCUT2D eigenvalue weighted by molar-refractivity contribution is 7.80. The van der Waals surface area contributed by atoms with Crippen molar-refractivity contribution in [2.45, 2.75) is 122 Å². The van der Waals surface area contributed by atoms with Gasteiger partial charge in [0.2, 0.25) is 0 Å². The Balaban J connectivity index is 1.45. The van der Waals surface area contributed by atoms with Crippen LogP contribution in [0.4, 0.5) is 0 Å². The van der Waals surface area contributed by atoms with Crippen LogP contribution in [0.1, 0.15) is 162 Å². The number of H-pyrrole nitrogens is 2. The van der Waals surface area contributed by atoms with Crippen LogP contribution < -0.4 is 5.32 Å². The number of esters is 1. The number of carbonyl (C=O) groups excluding carboxylic acids is 5. The number of nitrogens with one attached hydrogen (secondary N) is 3. The molecular formula is C46H61N6O6S+. The molecule has 3 aromatic heterocycles. The fraction of sp³-hybridized carbons (Fsp3) is 0.543. The number of amides is 1. The van der Waals surface area contributed by atoms with Crippen LogP contribution in [0.3, 0.4) is 0 Å². The molecule has 0 saturated heterocycles. The third-order valence-electron chi connectivity index (χ3n) is 13.0. The molecule has 3 N–H and O–H groups in total. The number of rotatable bonds is 15. The largest absolute Gasteiger partial charge is 0.468 e. The highest BCUT2D eigenvalue weighted by Gasteiger charge is 2.45. The van der Waals surface area contributed by atoms with Crippen molar-refractivity contribution in [2.75, 3.05) is 40.6 Å². The van der Waals surface area contributed by atoms with Crippen molar-refractivity contribution < 1.29 is 33.2 Å². The number of aromatic nitrogens is 4. The number of hydrogen-bond acceptors (Lipinski definition) is 9. The molecule has 0 saturated carbocycles. The Bertz CT molecular complexity index is 2350. The zero-order valence-electron chi connectivity index (χ0n) is 36.3. The Hall–Kier alpha value is -4.62. The standard InChI is InChI=1S/C46H60N6O6S/c1-11-29-23(2)31-22-36-38(27(6)53)25(4)33(49-36)20-32-24(3)30(17-16-28(54)14-12-13-15-37(52(7,8)9)45(56)47-18-19-59)42(50-32)40-41(46(57)58-10)44(55)39-26(5)34(51-43(39)40)21-35(29)48-31/h20-24,29-30,37,41,49,51H,11-19H2,1-10H3,(H-,47,56,59)/p+1/t23-,24+,29-,30+,37?,41?/m0/s1. The molecule has 6 rings (SSSR count). The number of ether oxygens (including phenoxy) is 1. The summed E-state index contributed by atoms with van der Waals surface area (Å²) in [5, 5.41) is 2.96. The Labute approximate surface area is 352 Å². The van der Waals surface area contributed by atoms with Gasteiger partial charge in [-0.15, -0.1) is 0 Å². The third-order valence-corrected chi connectivity index (χ3v) is 13.2. The Morgan fingerprint density at radius 1 is 0.898 bits per heavy atom. The van der Waals surface area contributed by atoms with Gasteiger partial charge in [-0.1, -0.05) is 20.8 Å². The first-order valence-electron chi connectivity index (χ1n) is 21.0. The summed E-state index contributed by atoms with van der Waals surface area (Å²) in [5.74, 6) is -1.89. The number of unbranched alkanes of at least 4 members (excludes halogenated alkanes) is 1. The molecule has 8 bridgehead atoms. The van der Waals surface area contributed by atoms with Gasteiger partial charge in [0.15, 0.2) is 17.6 Å². The summed E-state index contributed by atoms with van der Waals surface area (Å²) in [7, 11) is 7.30. The van der Waals surface area contributed by atoms with Crippen LogP contribution in [-0.4, -0.2) is 100 Å². The summed E-state index contributed by atoms with van der Waals surface area (Å²) in [6.45, 7) is 12.2. The maximum Gasteiger partial charge on any atom is 0.321 e. The molecule has 0 fully saturated rings. The van der Waals surface area contributed by atoms with E-state index in [1.807, 2.05) is 53.2 Å². The second-order valence-electron chi connectivity index (χ2n) is 17.6. The quantitative estimate of drug-likeness (QED) is 0.0301.